The molecule has 0 bridgehead atoms. The Kier molecular flexibility index (Phi) is 7.29. The monoisotopic (exact) mass is 353 g/mol. The standard InChI is InChI=1S/C18H27NO4S/c1-17(2,11-10-16(22)23)19-15(21)12-14(20)18(3,4)24-13-8-6-5-7-9-13/h5-9,14,20H,10-12H2,1-4H3,(H,19,21)(H,22,23). The van der Waals surface area contributed by atoms with Crippen molar-refractivity contribution < 1.29 is 19.8 Å². The number of rotatable bonds is 9. The lowest BCUT2D eigenvalue weighted by Crippen LogP contribution is -2.46. The van der Waals surface area contributed by atoms with Crippen molar-refractivity contribution in [2.75, 3.05) is 0 Å². The average molecular weight is 353 g/mol. The summed E-state index contributed by atoms with van der Waals surface area (Å²) in [6.45, 7) is 7.37. The fourth-order valence-electron chi connectivity index (χ4n) is 2.19. The molecule has 0 saturated carbocycles. The van der Waals surface area contributed by atoms with Gasteiger partial charge in [0.25, 0.3) is 0 Å². The van der Waals surface area contributed by atoms with E-state index < -0.39 is 22.4 Å². The number of benzene rings is 1. The molecular weight excluding hydrogens is 326 g/mol. The third-order valence-electron chi connectivity index (χ3n) is 3.75. The van der Waals surface area contributed by atoms with Crippen LogP contribution in [0.4, 0.5) is 0 Å². The van der Waals surface area contributed by atoms with Crippen LogP contribution in [0.5, 0.6) is 0 Å². The molecule has 0 fully saturated rings. The van der Waals surface area contributed by atoms with Gasteiger partial charge in [-0.2, -0.15) is 0 Å². The number of aliphatic hydroxyl groups excluding tert-OH is 1. The zero-order valence-corrected chi connectivity index (χ0v) is 15.5. The van der Waals surface area contributed by atoms with Gasteiger partial charge in [-0.1, -0.05) is 18.2 Å². The van der Waals surface area contributed by atoms with E-state index in [0.717, 1.165) is 4.90 Å². The van der Waals surface area contributed by atoms with E-state index >= 15 is 0 Å². The normalized spacial score (nSPS) is 13.4. The smallest absolute Gasteiger partial charge is 0.303 e. The molecule has 0 aromatic heterocycles. The first-order valence-electron chi connectivity index (χ1n) is 7.97. The molecule has 1 atom stereocenters. The largest absolute Gasteiger partial charge is 0.481 e. The number of carboxylic acid groups (broad SMARTS) is 1. The average Bonchev–Trinajstić information content (AvgIpc) is 2.45. The third-order valence-corrected chi connectivity index (χ3v) is 5.05. The Labute approximate surface area is 147 Å². The number of thioether (sulfide) groups is 1. The van der Waals surface area contributed by atoms with Gasteiger partial charge in [-0.05, 0) is 46.2 Å². The highest BCUT2D eigenvalue weighted by Crippen LogP contribution is 2.36. The molecule has 0 aliphatic rings. The number of hydrogen-bond donors (Lipinski definition) is 3. The van der Waals surface area contributed by atoms with Crippen molar-refractivity contribution in [3.8, 4) is 0 Å². The van der Waals surface area contributed by atoms with Gasteiger partial charge in [-0.25, -0.2) is 0 Å². The highest BCUT2D eigenvalue weighted by Gasteiger charge is 2.32. The van der Waals surface area contributed by atoms with Crippen LogP contribution in [-0.2, 0) is 9.59 Å². The molecule has 24 heavy (non-hydrogen) atoms. The maximum absolute atomic E-state index is 12.2. The Morgan fingerprint density at radius 3 is 2.29 bits per heavy atom. The molecule has 6 heteroatoms. The summed E-state index contributed by atoms with van der Waals surface area (Å²) < 4.78 is -0.524. The van der Waals surface area contributed by atoms with Crippen LogP contribution in [0.25, 0.3) is 0 Å². The van der Waals surface area contributed by atoms with Crippen molar-refractivity contribution in [3.63, 3.8) is 0 Å². The Morgan fingerprint density at radius 1 is 1.17 bits per heavy atom. The predicted molar refractivity (Wildman–Crippen MR) is 96.1 cm³/mol. The maximum Gasteiger partial charge on any atom is 0.303 e. The molecular formula is C18H27NO4S. The Morgan fingerprint density at radius 2 is 1.75 bits per heavy atom. The van der Waals surface area contributed by atoms with Crippen LogP contribution in [0.15, 0.2) is 35.2 Å². The van der Waals surface area contributed by atoms with Crippen molar-refractivity contribution in [2.24, 2.45) is 0 Å². The second-order valence-corrected chi connectivity index (χ2v) is 8.79. The topological polar surface area (TPSA) is 86.6 Å². The summed E-state index contributed by atoms with van der Waals surface area (Å²) in [6.07, 6.45) is -0.515. The zero-order chi connectivity index (χ0) is 18.4. The van der Waals surface area contributed by atoms with Crippen molar-refractivity contribution >= 4 is 23.6 Å². The Bertz CT molecular complexity index is 557. The van der Waals surface area contributed by atoms with E-state index in [0.29, 0.717) is 6.42 Å². The van der Waals surface area contributed by atoms with Gasteiger partial charge < -0.3 is 15.5 Å². The van der Waals surface area contributed by atoms with Crippen LogP contribution in [0.2, 0.25) is 0 Å². The van der Waals surface area contributed by atoms with Crippen molar-refractivity contribution in [1.82, 2.24) is 5.32 Å². The van der Waals surface area contributed by atoms with Gasteiger partial charge in [0, 0.05) is 21.6 Å². The van der Waals surface area contributed by atoms with Crippen LogP contribution < -0.4 is 5.32 Å². The summed E-state index contributed by atoms with van der Waals surface area (Å²) in [5, 5.41) is 22.0. The highest BCUT2D eigenvalue weighted by molar-refractivity contribution is 8.00. The first kappa shape index (κ1) is 20.5. The number of amides is 1. The summed E-state index contributed by atoms with van der Waals surface area (Å²) in [4.78, 5) is 23.9. The molecule has 1 unspecified atom stereocenters. The molecule has 0 aliphatic heterocycles. The van der Waals surface area contributed by atoms with Crippen LogP contribution >= 0.6 is 11.8 Å². The SMILES string of the molecule is CC(C)(CCC(=O)O)NC(=O)CC(O)C(C)(C)Sc1ccccc1. The first-order chi connectivity index (χ1) is 11.0. The summed E-state index contributed by atoms with van der Waals surface area (Å²) in [6, 6.07) is 9.73. The lowest BCUT2D eigenvalue weighted by molar-refractivity contribution is -0.138. The van der Waals surface area contributed by atoms with E-state index in [1.165, 1.54) is 11.8 Å². The predicted octanol–water partition coefficient (Wildman–Crippen LogP) is 3.07. The van der Waals surface area contributed by atoms with E-state index in [1.54, 1.807) is 13.8 Å². The van der Waals surface area contributed by atoms with Gasteiger partial charge in [-0.3, -0.25) is 9.59 Å². The molecule has 0 saturated heterocycles. The number of aliphatic carboxylic acids is 1. The lowest BCUT2D eigenvalue weighted by atomic mass is 9.97. The second kappa shape index (κ2) is 8.53. The Hall–Kier alpha value is -1.53. The third kappa shape index (κ3) is 7.36. The molecule has 0 heterocycles. The van der Waals surface area contributed by atoms with Crippen LogP contribution in [0.1, 0.15) is 47.0 Å². The minimum absolute atomic E-state index is 0.00874. The van der Waals surface area contributed by atoms with Crippen molar-refractivity contribution in [2.45, 2.75) is 68.2 Å². The second-order valence-electron chi connectivity index (χ2n) is 7.06. The summed E-state index contributed by atoms with van der Waals surface area (Å²) in [5.74, 6) is -1.17. The summed E-state index contributed by atoms with van der Waals surface area (Å²) >= 11 is 1.52. The van der Waals surface area contributed by atoms with Gasteiger partial charge in [0.05, 0.1) is 12.5 Å². The molecule has 0 spiro atoms. The zero-order valence-electron chi connectivity index (χ0n) is 14.7. The molecule has 134 valence electrons. The highest BCUT2D eigenvalue weighted by atomic mass is 32.2. The van der Waals surface area contributed by atoms with Crippen LogP contribution in [0.3, 0.4) is 0 Å². The summed E-state index contributed by atoms with van der Waals surface area (Å²) in [7, 11) is 0. The first-order valence-corrected chi connectivity index (χ1v) is 8.78. The fourth-order valence-corrected chi connectivity index (χ4v) is 3.31. The van der Waals surface area contributed by atoms with E-state index in [9.17, 15) is 14.7 Å². The van der Waals surface area contributed by atoms with Gasteiger partial charge in [0.15, 0.2) is 0 Å². The molecule has 1 amide bonds. The number of hydrogen-bond acceptors (Lipinski definition) is 4. The van der Waals surface area contributed by atoms with Crippen molar-refractivity contribution in [1.29, 1.82) is 0 Å². The molecule has 3 N–H and O–H groups in total. The summed E-state index contributed by atoms with van der Waals surface area (Å²) in [5.41, 5.74) is -0.619. The van der Waals surface area contributed by atoms with E-state index in [-0.39, 0.29) is 18.7 Å². The Balaban J connectivity index is 2.57. The van der Waals surface area contributed by atoms with E-state index in [2.05, 4.69) is 5.32 Å². The van der Waals surface area contributed by atoms with Gasteiger partial charge in [0.2, 0.25) is 5.91 Å². The molecule has 0 aliphatic carbocycles. The van der Waals surface area contributed by atoms with Crippen LogP contribution in [0, 0.1) is 0 Å². The quantitative estimate of drug-likeness (QED) is 0.594. The molecule has 0 radical (unpaired) electrons. The number of nitrogens with one attached hydrogen (secondary N) is 1. The van der Waals surface area contributed by atoms with Crippen molar-refractivity contribution in [3.05, 3.63) is 30.3 Å². The number of aliphatic hydroxyl groups is 1. The van der Waals surface area contributed by atoms with Gasteiger partial charge in [-0.15, -0.1) is 11.8 Å². The minimum Gasteiger partial charge on any atom is -0.481 e. The number of carboxylic acids is 1. The molecule has 1 rings (SSSR count). The molecule has 5 nitrogen and oxygen atoms in total. The van der Waals surface area contributed by atoms with Crippen LogP contribution in [-0.4, -0.2) is 38.5 Å². The molecule has 1 aromatic carbocycles. The number of carbonyl (C=O) groups excluding carboxylic acids is 1. The maximum atomic E-state index is 12.2. The molecule has 1 aromatic rings. The van der Waals surface area contributed by atoms with Gasteiger partial charge >= 0.3 is 5.97 Å². The van der Waals surface area contributed by atoms with E-state index in [1.807, 2.05) is 44.2 Å². The fraction of sp³-hybridized carbons (Fsp3) is 0.556. The number of carbonyl (C=O) groups is 2. The minimum atomic E-state index is -0.891. The van der Waals surface area contributed by atoms with E-state index in [4.69, 9.17) is 5.11 Å². The van der Waals surface area contributed by atoms with Gasteiger partial charge in [0.1, 0.15) is 0 Å². The lowest BCUT2D eigenvalue weighted by Gasteiger charge is -2.31.